The third-order valence-electron chi connectivity index (χ3n) is 4.39. The Labute approximate surface area is 132 Å². The summed E-state index contributed by atoms with van der Waals surface area (Å²) in [5.74, 6) is 1.52. The van der Waals surface area contributed by atoms with Gasteiger partial charge in [-0.25, -0.2) is 4.68 Å². The summed E-state index contributed by atoms with van der Waals surface area (Å²) in [7, 11) is 2.12. The van der Waals surface area contributed by atoms with E-state index in [0.29, 0.717) is 12.0 Å². The lowest BCUT2D eigenvalue weighted by Crippen LogP contribution is -2.21. The molecule has 1 heterocycles. The second kappa shape index (κ2) is 6.07. The molecule has 22 heavy (non-hydrogen) atoms. The third kappa shape index (κ3) is 2.98. The van der Waals surface area contributed by atoms with Gasteiger partial charge in [-0.1, -0.05) is 32.9 Å². The van der Waals surface area contributed by atoms with Crippen molar-refractivity contribution in [1.29, 1.82) is 0 Å². The van der Waals surface area contributed by atoms with Gasteiger partial charge in [0, 0.05) is 12.7 Å². The molecule has 3 rings (SSSR count). The maximum atomic E-state index is 4.20. The van der Waals surface area contributed by atoms with E-state index in [2.05, 4.69) is 66.4 Å². The van der Waals surface area contributed by atoms with Crippen LogP contribution >= 0.6 is 0 Å². The van der Waals surface area contributed by atoms with Crippen molar-refractivity contribution in [1.82, 2.24) is 20.2 Å². The molecule has 0 spiro atoms. The predicted molar refractivity (Wildman–Crippen MR) is 88.1 cm³/mol. The van der Waals surface area contributed by atoms with Gasteiger partial charge in [-0.3, -0.25) is 0 Å². The van der Waals surface area contributed by atoms with E-state index < -0.39 is 0 Å². The van der Waals surface area contributed by atoms with Gasteiger partial charge in [-0.15, -0.1) is 5.10 Å². The highest BCUT2D eigenvalue weighted by molar-refractivity contribution is 5.55. The first-order valence-corrected chi connectivity index (χ1v) is 8.20. The Morgan fingerprint density at radius 3 is 2.73 bits per heavy atom. The maximum absolute atomic E-state index is 4.20. The molecule has 0 unspecified atom stereocenters. The van der Waals surface area contributed by atoms with Crippen molar-refractivity contribution in [2.45, 2.75) is 58.5 Å². The van der Waals surface area contributed by atoms with E-state index in [1.165, 1.54) is 29.7 Å². The lowest BCUT2D eigenvalue weighted by Gasteiger charge is -2.23. The summed E-state index contributed by atoms with van der Waals surface area (Å²) in [4.78, 5) is 2.26. The SMILES string of the molecule is CCc1cc(C(C)C)ccc1N(C)Cc1nnnn1C1CC1. The molecule has 0 saturated heterocycles. The number of tetrazole rings is 1. The summed E-state index contributed by atoms with van der Waals surface area (Å²) in [6.07, 6.45) is 3.43. The smallest absolute Gasteiger partial charge is 0.170 e. The van der Waals surface area contributed by atoms with Gasteiger partial charge in [0.15, 0.2) is 5.82 Å². The molecule has 5 nitrogen and oxygen atoms in total. The molecule has 0 amide bonds. The van der Waals surface area contributed by atoms with Crippen molar-refractivity contribution in [2.75, 3.05) is 11.9 Å². The average Bonchev–Trinajstić information content (AvgIpc) is 3.26. The van der Waals surface area contributed by atoms with Crippen LogP contribution in [0.15, 0.2) is 18.2 Å². The van der Waals surface area contributed by atoms with Crippen LogP contribution < -0.4 is 4.90 Å². The number of aromatic nitrogens is 4. The number of hydrogen-bond acceptors (Lipinski definition) is 4. The summed E-state index contributed by atoms with van der Waals surface area (Å²) in [5, 5.41) is 12.2. The van der Waals surface area contributed by atoms with Crippen LogP contribution in [-0.2, 0) is 13.0 Å². The highest BCUT2D eigenvalue weighted by Gasteiger charge is 2.28. The fourth-order valence-electron chi connectivity index (χ4n) is 2.84. The minimum Gasteiger partial charge on any atom is -0.367 e. The molecule has 1 aliphatic carbocycles. The van der Waals surface area contributed by atoms with Crippen molar-refractivity contribution in [3.8, 4) is 0 Å². The Morgan fingerprint density at radius 1 is 1.32 bits per heavy atom. The van der Waals surface area contributed by atoms with Gasteiger partial charge in [0.05, 0.1) is 12.6 Å². The molecule has 0 atom stereocenters. The number of rotatable bonds is 6. The molecule has 1 aliphatic rings. The monoisotopic (exact) mass is 299 g/mol. The number of aryl methyl sites for hydroxylation is 1. The molecule has 0 bridgehead atoms. The topological polar surface area (TPSA) is 46.8 Å². The molecule has 0 N–H and O–H groups in total. The van der Waals surface area contributed by atoms with Gasteiger partial charge in [0.1, 0.15) is 0 Å². The number of nitrogens with zero attached hydrogens (tertiary/aromatic N) is 5. The van der Waals surface area contributed by atoms with Gasteiger partial charge in [0.2, 0.25) is 0 Å². The van der Waals surface area contributed by atoms with Crippen LogP contribution in [0.3, 0.4) is 0 Å². The minimum atomic E-state index is 0.521. The van der Waals surface area contributed by atoms with E-state index in [4.69, 9.17) is 0 Å². The molecule has 0 aliphatic heterocycles. The van der Waals surface area contributed by atoms with Crippen molar-refractivity contribution < 1.29 is 0 Å². The quantitative estimate of drug-likeness (QED) is 0.821. The highest BCUT2D eigenvalue weighted by atomic mass is 15.6. The van der Waals surface area contributed by atoms with Crippen molar-refractivity contribution in [3.63, 3.8) is 0 Å². The van der Waals surface area contributed by atoms with Gasteiger partial charge in [-0.05, 0) is 52.8 Å². The molecular weight excluding hydrogens is 274 g/mol. The number of benzene rings is 1. The summed E-state index contributed by atoms with van der Waals surface area (Å²) in [6, 6.07) is 7.33. The van der Waals surface area contributed by atoms with E-state index in [0.717, 1.165) is 18.8 Å². The van der Waals surface area contributed by atoms with Crippen molar-refractivity contribution in [3.05, 3.63) is 35.2 Å². The normalized spacial score (nSPS) is 14.6. The van der Waals surface area contributed by atoms with Gasteiger partial charge in [0.25, 0.3) is 0 Å². The van der Waals surface area contributed by atoms with Crippen molar-refractivity contribution >= 4 is 5.69 Å². The van der Waals surface area contributed by atoms with E-state index in [9.17, 15) is 0 Å². The van der Waals surface area contributed by atoms with E-state index in [-0.39, 0.29) is 0 Å². The number of hydrogen-bond donors (Lipinski definition) is 0. The van der Waals surface area contributed by atoms with Gasteiger partial charge >= 0.3 is 0 Å². The van der Waals surface area contributed by atoms with E-state index in [1.807, 2.05) is 4.68 Å². The standard InChI is InChI=1S/C17H25N5/c1-5-13-10-14(12(2)3)6-9-16(13)21(4)11-17-18-19-20-22(17)15-7-8-15/h6,9-10,12,15H,5,7-8,11H2,1-4H3. The lowest BCUT2D eigenvalue weighted by atomic mass is 9.98. The molecule has 0 radical (unpaired) electrons. The van der Waals surface area contributed by atoms with Crippen LogP contribution in [-0.4, -0.2) is 27.3 Å². The fraction of sp³-hybridized carbons (Fsp3) is 0.588. The second-order valence-electron chi connectivity index (χ2n) is 6.52. The van der Waals surface area contributed by atoms with Crippen LogP contribution in [0.4, 0.5) is 5.69 Å². The van der Waals surface area contributed by atoms with Crippen LogP contribution in [0.2, 0.25) is 0 Å². The lowest BCUT2D eigenvalue weighted by molar-refractivity contribution is 0.578. The molecule has 1 saturated carbocycles. The summed E-state index contributed by atoms with van der Waals surface area (Å²) in [6.45, 7) is 7.44. The third-order valence-corrected chi connectivity index (χ3v) is 4.39. The first kappa shape index (κ1) is 15.0. The zero-order valence-electron chi connectivity index (χ0n) is 14.0. The average molecular weight is 299 g/mol. The first-order chi connectivity index (χ1) is 10.6. The molecule has 1 aromatic heterocycles. The first-order valence-electron chi connectivity index (χ1n) is 8.20. The molecular formula is C17H25N5. The predicted octanol–water partition coefficient (Wildman–Crippen LogP) is 3.33. The molecule has 1 fully saturated rings. The minimum absolute atomic E-state index is 0.521. The van der Waals surface area contributed by atoms with Crippen molar-refractivity contribution in [2.24, 2.45) is 0 Å². The van der Waals surface area contributed by atoms with E-state index in [1.54, 1.807) is 0 Å². The van der Waals surface area contributed by atoms with Crippen LogP contribution in [0.5, 0.6) is 0 Å². The van der Waals surface area contributed by atoms with Gasteiger partial charge < -0.3 is 4.90 Å². The zero-order chi connectivity index (χ0) is 15.7. The second-order valence-corrected chi connectivity index (χ2v) is 6.52. The Hall–Kier alpha value is -1.91. The zero-order valence-corrected chi connectivity index (χ0v) is 14.0. The summed E-state index contributed by atoms with van der Waals surface area (Å²) >= 11 is 0. The molecule has 2 aromatic rings. The maximum Gasteiger partial charge on any atom is 0.170 e. The summed E-state index contributed by atoms with van der Waals surface area (Å²) < 4.78 is 1.99. The Morgan fingerprint density at radius 2 is 2.09 bits per heavy atom. The highest BCUT2D eigenvalue weighted by Crippen LogP contribution is 2.35. The molecule has 118 valence electrons. The largest absolute Gasteiger partial charge is 0.367 e. The molecule has 1 aromatic carbocycles. The summed E-state index contributed by atoms with van der Waals surface area (Å²) in [5.41, 5.74) is 4.06. The van der Waals surface area contributed by atoms with E-state index >= 15 is 0 Å². The number of anilines is 1. The fourth-order valence-corrected chi connectivity index (χ4v) is 2.84. The van der Waals surface area contributed by atoms with Crippen LogP contribution in [0.25, 0.3) is 0 Å². The molecule has 5 heteroatoms. The Balaban J connectivity index is 1.82. The van der Waals surface area contributed by atoms with Crippen LogP contribution in [0.1, 0.15) is 62.5 Å². The Bertz CT molecular complexity index is 642. The Kier molecular flexibility index (Phi) is 4.14. The van der Waals surface area contributed by atoms with Gasteiger partial charge in [-0.2, -0.15) is 0 Å². The van der Waals surface area contributed by atoms with Crippen LogP contribution in [0, 0.1) is 0 Å².